The number of nitrogens with zero attached hydrogens (tertiary/aromatic N) is 1. The van der Waals surface area contributed by atoms with Gasteiger partial charge in [-0.25, -0.2) is 8.78 Å². The Morgan fingerprint density at radius 2 is 1.80 bits per heavy atom. The Bertz CT molecular complexity index is 1140. The average molecular weight is 415 g/mol. The van der Waals surface area contributed by atoms with Crippen molar-refractivity contribution in [1.82, 2.24) is 4.57 Å². The van der Waals surface area contributed by atoms with Crippen molar-refractivity contribution in [1.29, 1.82) is 0 Å². The van der Waals surface area contributed by atoms with Crippen molar-refractivity contribution in [3.8, 4) is 5.75 Å². The van der Waals surface area contributed by atoms with Crippen LogP contribution >= 0.6 is 0 Å². The highest BCUT2D eigenvalue weighted by Gasteiger charge is 2.30. The maximum atomic E-state index is 13.7. The number of hydrogen-bond acceptors (Lipinski definition) is 3. The molecule has 2 atom stereocenters. The number of aliphatic carboxylic acids is 1. The summed E-state index contributed by atoms with van der Waals surface area (Å²) in [5, 5.41) is 20.3. The molecule has 0 bridgehead atoms. The second-order valence-corrected chi connectivity index (χ2v) is 7.61. The van der Waals surface area contributed by atoms with Crippen molar-refractivity contribution in [2.45, 2.75) is 39.5 Å². The molecule has 7 heteroatoms. The number of hydrogen-bond donors (Lipinski definition) is 2. The second kappa shape index (κ2) is 8.26. The molecule has 30 heavy (non-hydrogen) atoms. The van der Waals surface area contributed by atoms with Crippen LogP contribution in [0.4, 0.5) is 8.78 Å². The third-order valence-electron chi connectivity index (χ3n) is 5.59. The van der Waals surface area contributed by atoms with Crippen LogP contribution in [0.5, 0.6) is 5.75 Å². The molecular formula is C23H23F2NO4. The highest BCUT2D eigenvalue weighted by molar-refractivity contribution is 6.05. The van der Waals surface area contributed by atoms with Crippen LogP contribution in [-0.2, 0) is 4.79 Å². The fourth-order valence-electron chi connectivity index (χ4n) is 3.80. The zero-order valence-electron chi connectivity index (χ0n) is 16.9. The van der Waals surface area contributed by atoms with E-state index in [9.17, 15) is 28.6 Å². The fourth-order valence-corrected chi connectivity index (χ4v) is 3.80. The van der Waals surface area contributed by atoms with E-state index in [1.165, 1.54) is 28.8 Å². The minimum absolute atomic E-state index is 0.0612. The first-order chi connectivity index (χ1) is 14.1. The van der Waals surface area contributed by atoms with Crippen molar-refractivity contribution in [2.24, 2.45) is 5.92 Å². The van der Waals surface area contributed by atoms with Gasteiger partial charge in [0.1, 0.15) is 5.75 Å². The molecule has 3 aromatic rings. The first kappa shape index (κ1) is 21.5. The Labute approximate surface area is 172 Å². The molecule has 3 rings (SSSR count). The van der Waals surface area contributed by atoms with Crippen LogP contribution in [0, 0.1) is 24.5 Å². The lowest BCUT2D eigenvalue weighted by Gasteiger charge is -2.17. The van der Waals surface area contributed by atoms with Crippen molar-refractivity contribution in [2.75, 3.05) is 0 Å². The van der Waals surface area contributed by atoms with Gasteiger partial charge in [0.15, 0.2) is 11.6 Å². The smallest absolute Gasteiger partial charge is 0.311 e. The minimum Gasteiger partial charge on any atom is -0.508 e. The van der Waals surface area contributed by atoms with Crippen LogP contribution in [0.15, 0.2) is 36.4 Å². The predicted molar refractivity (Wildman–Crippen MR) is 109 cm³/mol. The van der Waals surface area contributed by atoms with Gasteiger partial charge in [0.05, 0.1) is 11.4 Å². The van der Waals surface area contributed by atoms with Gasteiger partial charge in [0, 0.05) is 16.6 Å². The Hall–Kier alpha value is -3.22. The van der Waals surface area contributed by atoms with Gasteiger partial charge in [-0.15, -0.1) is 0 Å². The molecule has 0 amide bonds. The Morgan fingerprint density at radius 3 is 2.40 bits per heavy atom. The number of fused-ring (bicyclic) bond motifs is 1. The zero-order chi connectivity index (χ0) is 22.2. The van der Waals surface area contributed by atoms with E-state index in [4.69, 9.17) is 0 Å². The molecule has 0 saturated carbocycles. The molecule has 0 fully saturated rings. The van der Waals surface area contributed by atoms with Gasteiger partial charge in [-0.3, -0.25) is 14.2 Å². The first-order valence-corrected chi connectivity index (χ1v) is 9.72. The number of carboxylic acids is 1. The van der Waals surface area contributed by atoms with Gasteiger partial charge in [-0.05, 0) is 61.2 Å². The van der Waals surface area contributed by atoms with Gasteiger partial charge < -0.3 is 10.2 Å². The topological polar surface area (TPSA) is 79.5 Å². The molecule has 1 aromatic heterocycles. The second-order valence-electron chi connectivity index (χ2n) is 7.61. The summed E-state index contributed by atoms with van der Waals surface area (Å²) in [6, 6.07) is 7.21. The third-order valence-corrected chi connectivity index (χ3v) is 5.59. The van der Waals surface area contributed by atoms with Crippen LogP contribution in [-0.4, -0.2) is 26.7 Å². The predicted octanol–water partition coefficient (Wildman–Crippen LogP) is 5.23. The number of aromatic nitrogens is 1. The van der Waals surface area contributed by atoms with Gasteiger partial charge in [0.2, 0.25) is 0 Å². The van der Waals surface area contributed by atoms with Gasteiger partial charge in [0.25, 0.3) is 5.91 Å². The minimum atomic E-state index is -1.15. The summed E-state index contributed by atoms with van der Waals surface area (Å²) in [4.78, 5) is 25.3. The van der Waals surface area contributed by atoms with Crippen LogP contribution in [0.2, 0.25) is 0 Å². The fraction of sp³-hybridized carbons (Fsp3) is 0.304. The van der Waals surface area contributed by atoms with Crippen LogP contribution < -0.4 is 0 Å². The number of carbonyl (C=O) groups excluding carboxylic acids is 1. The highest BCUT2D eigenvalue weighted by atomic mass is 19.2. The molecule has 0 aliphatic carbocycles. The third kappa shape index (κ3) is 3.79. The van der Waals surface area contributed by atoms with Gasteiger partial charge >= 0.3 is 5.97 Å². The monoisotopic (exact) mass is 415 g/mol. The number of benzene rings is 2. The number of rotatable bonds is 6. The largest absolute Gasteiger partial charge is 0.508 e. The Kier molecular flexibility index (Phi) is 5.92. The number of phenolic OH excluding ortho intramolecular Hbond substituents is 1. The highest BCUT2D eigenvalue weighted by Crippen LogP contribution is 2.38. The van der Waals surface area contributed by atoms with E-state index in [0.29, 0.717) is 28.6 Å². The standard InChI is InChI=1S/C23H23F2NO4/c1-4-12(2)9-17(23(29)30)21-13(3)26(20-8-6-15(27)11-16(20)21)22(28)14-5-7-18(24)19(25)10-14/h5-8,10-12,17,27H,4,9H2,1-3H3,(H,29,30)/t12?,17-/m1/s1. The Balaban J connectivity index is 2.26. The van der Waals surface area contributed by atoms with Crippen molar-refractivity contribution < 1.29 is 28.6 Å². The summed E-state index contributed by atoms with van der Waals surface area (Å²) in [7, 11) is 0. The molecule has 2 N–H and O–H groups in total. The number of carbonyl (C=O) groups is 2. The molecule has 2 aromatic carbocycles. The SMILES string of the molecule is CCC(C)C[C@@H](C(=O)O)c1c(C)n(C(=O)c2ccc(F)c(F)c2)c2ccc(O)cc12. The number of halogens is 2. The number of phenols is 1. The van der Waals surface area contributed by atoms with Crippen LogP contribution in [0.25, 0.3) is 10.9 Å². The van der Waals surface area contributed by atoms with E-state index in [2.05, 4.69) is 0 Å². The summed E-state index contributed by atoms with van der Waals surface area (Å²) in [5.74, 6) is -4.67. The molecule has 1 heterocycles. The maximum Gasteiger partial charge on any atom is 0.311 e. The molecular weight excluding hydrogens is 392 g/mol. The van der Waals surface area contributed by atoms with E-state index in [1.54, 1.807) is 6.92 Å². The van der Waals surface area contributed by atoms with E-state index >= 15 is 0 Å². The lowest BCUT2D eigenvalue weighted by atomic mass is 9.87. The van der Waals surface area contributed by atoms with E-state index in [-0.39, 0.29) is 17.2 Å². The van der Waals surface area contributed by atoms with E-state index in [1.807, 2.05) is 13.8 Å². The lowest BCUT2D eigenvalue weighted by Crippen LogP contribution is -2.18. The molecule has 5 nitrogen and oxygen atoms in total. The lowest BCUT2D eigenvalue weighted by molar-refractivity contribution is -0.139. The summed E-state index contributed by atoms with van der Waals surface area (Å²) in [6.45, 7) is 5.54. The molecule has 1 unspecified atom stereocenters. The maximum absolute atomic E-state index is 13.7. The van der Waals surface area contributed by atoms with Crippen molar-refractivity contribution in [3.63, 3.8) is 0 Å². The molecule has 158 valence electrons. The summed E-state index contributed by atoms with van der Waals surface area (Å²) in [5.41, 5.74) is 1.15. The first-order valence-electron chi connectivity index (χ1n) is 9.72. The summed E-state index contributed by atoms with van der Waals surface area (Å²) in [6.07, 6.45) is 1.15. The number of aromatic hydroxyl groups is 1. The summed E-state index contributed by atoms with van der Waals surface area (Å²) >= 11 is 0. The summed E-state index contributed by atoms with van der Waals surface area (Å²) < 4.78 is 28.3. The Morgan fingerprint density at radius 1 is 1.10 bits per heavy atom. The quantitative estimate of drug-likeness (QED) is 0.578. The van der Waals surface area contributed by atoms with Gasteiger partial charge in [-0.1, -0.05) is 20.3 Å². The molecule has 0 aliphatic rings. The normalized spacial score (nSPS) is 13.4. The van der Waals surface area contributed by atoms with Crippen LogP contribution in [0.3, 0.4) is 0 Å². The van der Waals surface area contributed by atoms with Crippen molar-refractivity contribution >= 4 is 22.8 Å². The number of carboxylic acid groups (broad SMARTS) is 1. The zero-order valence-corrected chi connectivity index (χ0v) is 16.9. The van der Waals surface area contributed by atoms with Crippen LogP contribution in [0.1, 0.15) is 54.2 Å². The molecule has 0 saturated heterocycles. The molecule has 0 aliphatic heterocycles. The van der Waals surface area contributed by atoms with E-state index in [0.717, 1.165) is 18.6 Å². The molecule has 0 spiro atoms. The average Bonchev–Trinajstić information content (AvgIpc) is 2.98. The van der Waals surface area contributed by atoms with Gasteiger partial charge in [-0.2, -0.15) is 0 Å². The van der Waals surface area contributed by atoms with Crippen molar-refractivity contribution in [3.05, 3.63) is 64.9 Å². The van der Waals surface area contributed by atoms with E-state index < -0.39 is 29.4 Å². The molecule has 0 radical (unpaired) electrons.